The fourth-order valence-corrected chi connectivity index (χ4v) is 2.78. The normalized spacial score (nSPS) is 24.9. The molecule has 126 valence electrons. The standard InChI is InChI=1S/C9H11.3C3H7O.Ti/c1-2-5-9-7-3-6-8(9)4-1;3*1-3(2)4;/h1-2,4-6,8-9H,3,7H2;3*3H,1-2H3;/q;3*-1;+3. The molecule has 1 saturated carbocycles. The third-order valence-electron chi connectivity index (χ3n) is 2.57. The quantitative estimate of drug-likeness (QED) is 0.629. The van der Waals surface area contributed by atoms with E-state index in [1.807, 2.05) is 0 Å². The van der Waals surface area contributed by atoms with Crippen LogP contribution in [0.5, 0.6) is 0 Å². The van der Waals surface area contributed by atoms with Crippen LogP contribution >= 0.6 is 0 Å². The van der Waals surface area contributed by atoms with Crippen molar-refractivity contribution in [2.75, 3.05) is 0 Å². The van der Waals surface area contributed by atoms with Crippen molar-refractivity contribution >= 4 is 0 Å². The van der Waals surface area contributed by atoms with Gasteiger partial charge in [0, 0.05) is 0 Å². The summed E-state index contributed by atoms with van der Waals surface area (Å²) in [5, 5.41) is 28.6. The van der Waals surface area contributed by atoms with Gasteiger partial charge in [0.1, 0.15) is 0 Å². The number of hydrogen-bond acceptors (Lipinski definition) is 3. The third kappa shape index (κ3) is 18.1. The van der Waals surface area contributed by atoms with Crippen molar-refractivity contribution in [1.82, 2.24) is 0 Å². The Kier molecular flexibility index (Phi) is 16.2. The molecule has 0 aliphatic heterocycles. The Hall–Kier alpha value is 0.0743. The number of hydrogen-bond donors (Lipinski definition) is 0. The van der Waals surface area contributed by atoms with Crippen LogP contribution in [-0.2, 0) is 20.4 Å². The van der Waals surface area contributed by atoms with Crippen molar-refractivity contribution < 1.29 is 35.8 Å². The summed E-state index contributed by atoms with van der Waals surface area (Å²) in [6.07, 6.45) is 10.7. The zero-order valence-corrected chi connectivity index (χ0v) is 16.5. The summed E-state index contributed by atoms with van der Waals surface area (Å²) in [5.41, 5.74) is 0. The molecule has 0 N–H and O–H groups in total. The molecule has 0 radical (unpaired) electrons. The molecule has 0 aromatic carbocycles. The molecule has 3 nitrogen and oxygen atoms in total. The second-order valence-corrected chi connectivity index (χ2v) is 7.50. The molecular weight excluding hydrogens is 312 g/mol. The van der Waals surface area contributed by atoms with Gasteiger partial charge in [-0.15, -0.1) is 18.3 Å². The summed E-state index contributed by atoms with van der Waals surface area (Å²) in [7, 11) is 0. The predicted octanol–water partition coefficient (Wildman–Crippen LogP) is 1.74. The van der Waals surface area contributed by atoms with Gasteiger partial charge in [0.05, 0.1) is 0 Å². The van der Waals surface area contributed by atoms with E-state index in [1.165, 1.54) is 12.8 Å². The van der Waals surface area contributed by atoms with E-state index >= 15 is 0 Å². The summed E-state index contributed by atoms with van der Waals surface area (Å²) in [4.78, 5) is 0. The van der Waals surface area contributed by atoms with Crippen molar-refractivity contribution in [3.63, 3.8) is 0 Å². The van der Waals surface area contributed by atoms with Gasteiger partial charge in [-0.3, -0.25) is 0 Å². The Labute approximate surface area is 148 Å². The first kappa shape index (κ1) is 24.3. The average molecular weight is 344 g/mol. The minimum absolute atomic E-state index is 0.417. The molecule has 0 heterocycles. The minimum atomic E-state index is -0.417. The van der Waals surface area contributed by atoms with Gasteiger partial charge >= 0.3 is 73.6 Å². The monoisotopic (exact) mass is 344 g/mol. The van der Waals surface area contributed by atoms with E-state index in [1.54, 1.807) is 41.5 Å². The fourth-order valence-electron chi connectivity index (χ4n) is 1.96. The zero-order valence-electron chi connectivity index (χ0n) is 14.9. The Bertz CT molecular complexity index is 276. The van der Waals surface area contributed by atoms with Crippen molar-refractivity contribution in [3.05, 3.63) is 24.3 Å². The SMILES string of the molecule is CC(C)[O-].CC(C)[O-].CC(C)[O-].[Ti+3][CH]1CCC2C=CC=CC12. The third-order valence-corrected chi connectivity index (χ3v) is 3.62. The van der Waals surface area contributed by atoms with Crippen molar-refractivity contribution in [2.45, 2.75) is 76.9 Å². The van der Waals surface area contributed by atoms with E-state index in [0.29, 0.717) is 0 Å². The number of fused-ring (bicyclic) bond motifs is 1. The van der Waals surface area contributed by atoms with E-state index in [-0.39, 0.29) is 0 Å². The molecule has 0 spiro atoms. The maximum absolute atomic E-state index is 9.53. The summed E-state index contributed by atoms with van der Waals surface area (Å²) >= 11 is 2.37. The molecule has 0 amide bonds. The van der Waals surface area contributed by atoms with E-state index in [2.05, 4.69) is 44.7 Å². The average Bonchev–Trinajstić information content (AvgIpc) is 2.70. The second-order valence-electron chi connectivity index (χ2n) is 6.34. The van der Waals surface area contributed by atoms with Crippen LogP contribution in [0.25, 0.3) is 0 Å². The molecule has 4 heteroatoms. The van der Waals surface area contributed by atoms with Crippen LogP contribution in [0.3, 0.4) is 0 Å². The topological polar surface area (TPSA) is 69.2 Å². The summed E-state index contributed by atoms with van der Waals surface area (Å²) in [6, 6.07) is 0. The molecule has 2 aliphatic carbocycles. The summed E-state index contributed by atoms with van der Waals surface area (Å²) in [6.45, 7) is 9.67. The molecule has 2 rings (SSSR count). The first-order chi connectivity index (χ1) is 10.1. The zero-order chi connectivity index (χ0) is 17.7. The van der Waals surface area contributed by atoms with Crippen molar-refractivity contribution in [3.8, 4) is 0 Å². The van der Waals surface area contributed by atoms with Gasteiger partial charge in [-0.1, -0.05) is 41.5 Å². The number of allylic oxidation sites excluding steroid dienone is 4. The maximum atomic E-state index is 9.53. The van der Waals surface area contributed by atoms with Gasteiger partial charge < -0.3 is 15.3 Å². The van der Waals surface area contributed by atoms with Gasteiger partial charge in [0.25, 0.3) is 0 Å². The summed E-state index contributed by atoms with van der Waals surface area (Å²) < 4.78 is 0.922. The fraction of sp³-hybridized carbons (Fsp3) is 0.778. The first-order valence-corrected chi connectivity index (χ1v) is 9.01. The molecular formula is C18H32O3Ti. The van der Waals surface area contributed by atoms with Crippen LogP contribution in [0.4, 0.5) is 0 Å². The van der Waals surface area contributed by atoms with Gasteiger partial charge in [-0.05, 0) is 0 Å². The summed E-state index contributed by atoms with van der Waals surface area (Å²) in [5.74, 6) is 1.74. The van der Waals surface area contributed by atoms with E-state index in [9.17, 15) is 15.3 Å². The number of rotatable bonds is 0. The van der Waals surface area contributed by atoms with Gasteiger partial charge in [0.2, 0.25) is 0 Å². The van der Waals surface area contributed by atoms with E-state index in [0.717, 1.165) is 16.1 Å². The molecule has 0 saturated heterocycles. The molecule has 3 atom stereocenters. The van der Waals surface area contributed by atoms with Crippen LogP contribution in [0.2, 0.25) is 4.22 Å². The Balaban J connectivity index is 0. The molecule has 2 aliphatic rings. The van der Waals surface area contributed by atoms with E-state index in [4.69, 9.17) is 0 Å². The van der Waals surface area contributed by atoms with Crippen LogP contribution in [0, 0.1) is 11.8 Å². The van der Waals surface area contributed by atoms with Gasteiger partial charge in [0.15, 0.2) is 0 Å². The first-order valence-electron chi connectivity index (χ1n) is 8.11. The van der Waals surface area contributed by atoms with Crippen LogP contribution < -0.4 is 15.3 Å². The van der Waals surface area contributed by atoms with Crippen molar-refractivity contribution in [1.29, 1.82) is 0 Å². The Morgan fingerprint density at radius 1 is 0.773 bits per heavy atom. The van der Waals surface area contributed by atoms with Crippen LogP contribution in [0.15, 0.2) is 24.3 Å². The van der Waals surface area contributed by atoms with Crippen molar-refractivity contribution in [2.24, 2.45) is 11.8 Å². The Morgan fingerprint density at radius 2 is 1.14 bits per heavy atom. The van der Waals surface area contributed by atoms with Gasteiger partial charge in [-0.25, -0.2) is 0 Å². The van der Waals surface area contributed by atoms with Gasteiger partial charge in [-0.2, -0.15) is 0 Å². The second kappa shape index (κ2) is 14.7. The molecule has 0 bridgehead atoms. The predicted molar refractivity (Wildman–Crippen MR) is 83.7 cm³/mol. The molecule has 3 unspecified atom stereocenters. The molecule has 22 heavy (non-hydrogen) atoms. The van der Waals surface area contributed by atoms with Crippen LogP contribution in [0.1, 0.15) is 54.4 Å². The Morgan fingerprint density at radius 3 is 1.50 bits per heavy atom. The molecule has 0 aromatic rings. The molecule has 0 aromatic heterocycles. The van der Waals surface area contributed by atoms with Crippen LogP contribution in [-0.4, -0.2) is 18.3 Å². The molecule has 1 fully saturated rings. The van der Waals surface area contributed by atoms with E-state index < -0.39 is 18.3 Å².